The number of halogens is 1. The lowest BCUT2D eigenvalue weighted by Crippen LogP contribution is -2.57. The fourth-order valence-electron chi connectivity index (χ4n) is 9.68. The molecule has 0 N–H and O–H groups in total. The van der Waals surface area contributed by atoms with Gasteiger partial charge in [0.25, 0.3) is 0 Å². The summed E-state index contributed by atoms with van der Waals surface area (Å²) in [6.07, 6.45) is 6.92. The molecule has 1 aliphatic rings. The molecule has 1 saturated carbocycles. The maximum atomic E-state index is 12.6. The van der Waals surface area contributed by atoms with Crippen LogP contribution < -0.4 is 0 Å². The Labute approximate surface area is 287 Å². The minimum absolute atomic E-state index is 0.107. The number of carbonyl (C=O) groups excluding carboxylic acids is 1. The summed E-state index contributed by atoms with van der Waals surface area (Å²) >= 11 is 6.40. The van der Waals surface area contributed by atoms with Crippen LogP contribution in [0, 0.1) is 17.8 Å². The number of rotatable bonds is 21. The van der Waals surface area contributed by atoms with Crippen LogP contribution in [0.4, 0.5) is 0 Å². The quantitative estimate of drug-likeness (QED) is 0.0519. The highest BCUT2D eigenvalue weighted by Gasteiger charge is 2.53. The SMILES string of the molecule is COCCCCC(C[C@H]1[C@@H](CCCCl)[C@@H](O[Si](C(C)C)(C(C)C)C(C)C)C[C@H](C)[C@H]1OC(C)=O)O[Si](C(C)C)(C(C)C)C(C)C. The molecular formula is C37H75ClO5Si2. The van der Waals surface area contributed by atoms with Gasteiger partial charge in [0.2, 0.25) is 16.6 Å². The average Bonchev–Trinajstić information content (AvgIpc) is 2.92. The zero-order valence-corrected chi connectivity index (χ0v) is 35.0. The van der Waals surface area contributed by atoms with E-state index < -0.39 is 16.6 Å². The van der Waals surface area contributed by atoms with Gasteiger partial charge in [0.1, 0.15) is 6.10 Å². The standard InChI is InChI=1S/C37H75ClO5Si2/c1-25(2)44(26(3)4,27(5)6)42-33(19-16-17-22-40-15)24-35-34(20-18-21-38)36(23-31(13)37(35)41-32(14)39)43-45(28(7)8,29(9)10)30(11)12/h25-31,33-37H,16-24H2,1-15H3/t31-,33?,34+,35-,36-,37+/m0/s1. The fraction of sp³-hybridized carbons (Fsp3) is 0.973. The third-order valence-electron chi connectivity index (χ3n) is 11.4. The molecule has 268 valence electrons. The zero-order chi connectivity index (χ0) is 34.7. The molecule has 0 aromatic carbocycles. The van der Waals surface area contributed by atoms with Gasteiger partial charge >= 0.3 is 5.97 Å². The molecular weight excluding hydrogens is 616 g/mol. The number of esters is 1. The van der Waals surface area contributed by atoms with Crippen molar-refractivity contribution in [2.75, 3.05) is 19.6 Å². The van der Waals surface area contributed by atoms with Gasteiger partial charge in [-0.25, -0.2) is 0 Å². The lowest BCUT2D eigenvalue weighted by Gasteiger charge is -2.53. The van der Waals surface area contributed by atoms with Crippen molar-refractivity contribution in [3.05, 3.63) is 0 Å². The number of hydrogen-bond acceptors (Lipinski definition) is 5. The summed E-state index contributed by atoms with van der Waals surface area (Å²) in [4.78, 5) is 12.6. The molecule has 0 bridgehead atoms. The van der Waals surface area contributed by atoms with E-state index >= 15 is 0 Å². The van der Waals surface area contributed by atoms with Crippen molar-refractivity contribution in [1.29, 1.82) is 0 Å². The second-order valence-corrected chi connectivity index (χ2v) is 27.4. The van der Waals surface area contributed by atoms with Gasteiger partial charge < -0.3 is 18.3 Å². The minimum Gasteiger partial charge on any atom is -0.462 e. The Morgan fingerprint density at radius 2 is 1.29 bits per heavy atom. The van der Waals surface area contributed by atoms with Gasteiger partial charge in [-0.15, -0.1) is 11.6 Å². The second-order valence-electron chi connectivity index (χ2n) is 16.2. The highest BCUT2D eigenvalue weighted by atomic mass is 35.5. The van der Waals surface area contributed by atoms with Crippen molar-refractivity contribution in [2.45, 2.75) is 193 Å². The van der Waals surface area contributed by atoms with E-state index in [0.717, 1.165) is 51.6 Å². The molecule has 0 aliphatic heterocycles. The predicted molar refractivity (Wildman–Crippen MR) is 198 cm³/mol. The van der Waals surface area contributed by atoms with Crippen molar-refractivity contribution < 1.29 is 23.1 Å². The van der Waals surface area contributed by atoms with Crippen molar-refractivity contribution in [3.63, 3.8) is 0 Å². The van der Waals surface area contributed by atoms with Crippen LogP contribution in [-0.2, 0) is 23.1 Å². The lowest BCUT2D eigenvalue weighted by molar-refractivity contribution is -0.164. The summed E-state index contributed by atoms with van der Waals surface area (Å²) in [5, 5.41) is 0. The van der Waals surface area contributed by atoms with Gasteiger partial charge in [-0.3, -0.25) is 4.79 Å². The summed E-state index contributed by atoms with van der Waals surface area (Å²) in [6.45, 7) is 33.1. The number of alkyl halides is 1. The van der Waals surface area contributed by atoms with E-state index in [1.165, 1.54) is 0 Å². The first-order valence-corrected chi connectivity index (χ1v) is 23.3. The Morgan fingerprint density at radius 3 is 1.71 bits per heavy atom. The predicted octanol–water partition coefficient (Wildman–Crippen LogP) is 11.5. The van der Waals surface area contributed by atoms with Gasteiger partial charge in [0.15, 0.2) is 0 Å². The van der Waals surface area contributed by atoms with E-state index in [-0.39, 0.29) is 42.0 Å². The highest BCUT2D eigenvalue weighted by Crippen LogP contribution is 2.50. The van der Waals surface area contributed by atoms with Crippen molar-refractivity contribution in [3.8, 4) is 0 Å². The van der Waals surface area contributed by atoms with Gasteiger partial charge in [-0.1, -0.05) is 90.0 Å². The van der Waals surface area contributed by atoms with Crippen LogP contribution in [0.15, 0.2) is 0 Å². The largest absolute Gasteiger partial charge is 0.462 e. The third-order valence-corrected chi connectivity index (χ3v) is 23.9. The Hall–Kier alpha value is 0.0738. The Bertz CT molecular complexity index is 790. The molecule has 0 aromatic heterocycles. The van der Waals surface area contributed by atoms with E-state index in [2.05, 4.69) is 90.0 Å². The van der Waals surface area contributed by atoms with E-state index in [1.807, 2.05) is 0 Å². The van der Waals surface area contributed by atoms with Gasteiger partial charge in [0, 0.05) is 44.6 Å². The molecule has 0 saturated heterocycles. The van der Waals surface area contributed by atoms with Crippen LogP contribution in [0.5, 0.6) is 0 Å². The summed E-state index contributed by atoms with van der Waals surface area (Å²) in [6, 6.07) is 0. The zero-order valence-electron chi connectivity index (χ0n) is 32.2. The lowest BCUT2D eigenvalue weighted by atomic mass is 9.67. The monoisotopic (exact) mass is 690 g/mol. The highest BCUT2D eigenvalue weighted by molar-refractivity contribution is 6.78. The fourth-order valence-corrected chi connectivity index (χ4v) is 21.1. The van der Waals surface area contributed by atoms with Crippen LogP contribution >= 0.6 is 11.6 Å². The first-order chi connectivity index (χ1) is 20.9. The molecule has 0 aromatic rings. The van der Waals surface area contributed by atoms with Crippen molar-refractivity contribution in [1.82, 2.24) is 0 Å². The van der Waals surface area contributed by atoms with Crippen LogP contribution in [0.2, 0.25) is 33.2 Å². The number of hydrogen-bond donors (Lipinski definition) is 0. The minimum atomic E-state index is -2.15. The number of methoxy groups -OCH3 is 1. The summed E-state index contributed by atoms with van der Waals surface area (Å²) in [7, 11) is -2.50. The molecule has 0 radical (unpaired) electrons. The second kappa shape index (κ2) is 19.9. The van der Waals surface area contributed by atoms with Gasteiger partial charge in [0.05, 0.1) is 0 Å². The number of ether oxygens (including phenoxy) is 2. The molecule has 1 rings (SSSR count). The molecule has 5 nitrogen and oxygen atoms in total. The summed E-state index contributed by atoms with van der Waals surface area (Å²) in [5.74, 6) is 1.09. The molecule has 6 atom stereocenters. The third kappa shape index (κ3) is 11.0. The number of unbranched alkanes of at least 4 members (excludes halogenated alkanes) is 1. The van der Waals surface area contributed by atoms with E-state index in [0.29, 0.717) is 39.1 Å². The molecule has 1 unspecified atom stereocenters. The van der Waals surface area contributed by atoms with Crippen LogP contribution in [0.3, 0.4) is 0 Å². The van der Waals surface area contributed by atoms with E-state index in [1.54, 1.807) is 14.0 Å². The topological polar surface area (TPSA) is 54.0 Å². The van der Waals surface area contributed by atoms with Gasteiger partial charge in [-0.2, -0.15) is 0 Å². The average molecular weight is 692 g/mol. The molecule has 0 spiro atoms. The van der Waals surface area contributed by atoms with Crippen LogP contribution in [-0.4, -0.2) is 60.5 Å². The summed E-state index contributed by atoms with van der Waals surface area (Å²) in [5.41, 5.74) is 3.05. The van der Waals surface area contributed by atoms with E-state index in [9.17, 15) is 4.79 Å². The maximum Gasteiger partial charge on any atom is 0.302 e. The van der Waals surface area contributed by atoms with Crippen LogP contribution in [0.25, 0.3) is 0 Å². The first kappa shape index (κ1) is 43.1. The van der Waals surface area contributed by atoms with E-state index in [4.69, 9.17) is 29.9 Å². The normalized spacial score (nSPS) is 24.1. The Morgan fingerprint density at radius 1 is 0.778 bits per heavy atom. The van der Waals surface area contributed by atoms with Crippen LogP contribution in [0.1, 0.15) is 142 Å². The number of carbonyl (C=O) groups is 1. The summed E-state index contributed by atoms with van der Waals surface area (Å²) < 4.78 is 27.0. The molecule has 0 heterocycles. The maximum absolute atomic E-state index is 12.6. The first-order valence-electron chi connectivity index (χ1n) is 18.5. The van der Waals surface area contributed by atoms with Gasteiger partial charge in [-0.05, 0) is 90.0 Å². The molecule has 45 heavy (non-hydrogen) atoms. The molecule has 0 amide bonds. The molecule has 1 fully saturated rings. The molecule has 8 heteroatoms. The van der Waals surface area contributed by atoms with Crippen molar-refractivity contribution >= 4 is 34.2 Å². The smallest absolute Gasteiger partial charge is 0.302 e. The molecule has 1 aliphatic carbocycles. The Balaban J connectivity index is 3.77. The Kier molecular flexibility index (Phi) is 19.1. The van der Waals surface area contributed by atoms with Crippen molar-refractivity contribution in [2.24, 2.45) is 17.8 Å².